The van der Waals surface area contributed by atoms with Crippen LogP contribution in [0.15, 0.2) is 30.3 Å². The smallest absolute Gasteiger partial charge is 0.128 e. The number of benzene rings is 1. The van der Waals surface area contributed by atoms with Crippen LogP contribution in [0.25, 0.3) is 11.3 Å². The van der Waals surface area contributed by atoms with Crippen LogP contribution in [0.1, 0.15) is 11.4 Å². The van der Waals surface area contributed by atoms with Gasteiger partial charge in [-0.05, 0) is 19.1 Å². The van der Waals surface area contributed by atoms with E-state index in [-0.39, 0.29) is 0 Å². The van der Waals surface area contributed by atoms with Crippen molar-refractivity contribution in [3.05, 3.63) is 41.7 Å². The molecular weight excluding hydrogens is 200 g/mol. The van der Waals surface area contributed by atoms with Crippen LogP contribution in [0.5, 0.6) is 0 Å². The van der Waals surface area contributed by atoms with Gasteiger partial charge in [-0.1, -0.05) is 12.1 Å². The van der Waals surface area contributed by atoms with Gasteiger partial charge in [-0.15, -0.1) is 0 Å². The van der Waals surface area contributed by atoms with Gasteiger partial charge in [-0.25, -0.2) is 9.97 Å². The zero-order chi connectivity index (χ0) is 11.5. The number of nitrogens with two attached hydrogens (primary N) is 1. The van der Waals surface area contributed by atoms with Gasteiger partial charge >= 0.3 is 0 Å². The third-order valence-corrected chi connectivity index (χ3v) is 2.15. The van der Waals surface area contributed by atoms with E-state index in [0.717, 1.165) is 11.3 Å². The van der Waals surface area contributed by atoms with E-state index in [4.69, 9.17) is 11.0 Å². The molecule has 0 amide bonds. The molecule has 1 heterocycles. The molecule has 2 rings (SSSR count). The fourth-order valence-electron chi connectivity index (χ4n) is 1.49. The van der Waals surface area contributed by atoms with Gasteiger partial charge in [0.2, 0.25) is 0 Å². The highest BCUT2D eigenvalue weighted by Gasteiger charge is 2.03. The first-order valence-corrected chi connectivity index (χ1v) is 4.81. The van der Waals surface area contributed by atoms with E-state index in [2.05, 4.69) is 16.0 Å². The Bertz CT molecular complexity index is 549. The van der Waals surface area contributed by atoms with Crippen LogP contribution in [0.2, 0.25) is 0 Å². The van der Waals surface area contributed by atoms with Crippen LogP contribution < -0.4 is 5.73 Å². The summed E-state index contributed by atoms with van der Waals surface area (Å²) < 4.78 is 0. The second kappa shape index (κ2) is 3.99. The summed E-state index contributed by atoms with van der Waals surface area (Å²) in [6.45, 7) is 1.79. The van der Waals surface area contributed by atoms with Gasteiger partial charge in [0.1, 0.15) is 11.6 Å². The van der Waals surface area contributed by atoms with Crippen molar-refractivity contribution in [3.8, 4) is 17.3 Å². The lowest BCUT2D eigenvalue weighted by Gasteiger charge is -2.03. The van der Waals surface area contributed by atoms with Crippen molar-refractivity contribution < 1.29 is 0 Å². The molecule has 0 fully saturated rings. The Morgan fingerprint density at radius 1 is 1.25 bits per heavy atom. The maximum absolute atomic E-state index is 8.81. The Kier molecular flexibility index (Phi) is 2.52. The molecule has 0 radical (unpaired) electrons. The Morgan fingerprint density at radius 2 is 2.06 bits per heavy atom. The van der Waals surface area contributed by atoms with E-state index in [1.165, 1.54) is 0 Å². The van der Waals surface area contributed by atoms with E-state index in [1.807, 2.05) is 12.1 Å². The van der Waals surface area contributed by atoms with Crippen LogP contribution in [0.3, 0.4) is 0 Å². The number of rotatable bonds is 1. The highest BCUT2D eigenvalue weighted by Crippen LogP contribution is 2.19. The van der Waals surface area contributed by atoms with Gasteiger partial charge in [0.25, 0.3) is 0 Å². The lowest BCUT2D eigenvalue weighted by molar-refractivity contribution is 1.07. The van der Waals surface area contributed by atoms with Crippen molar-refractivity contribution >= 4 is 5.82 Å². The number of aryl methyl sites for hydroxylation is 1. The molecule has 0 bridgehead atoms. The van der Waals surface area contributed by atoms with Gasteiger partial charge in [0, 0.05) is 11.6 Å². The Balaban J connectivity index is 2.54. The quantitative estimate of drug-likeness (QED) is 0.780. The van der Waals surface area contributed by atoms with Crippen LogP contribution >= 0.6 is 0 Å². The molecule has 0 aliphatic heterocycles. The topological polar surface area (TPSA) is 75.6 Å². The number of nitriles is 1. The van der Waals surface area contributed by atoms with E-state index >= 15 is 0 Å². The van der Waals surface area contributed by atoms with Crippen LogP contribution in [0.4, 0.5) is 5.82 Å². The number of hydrogen-bond donors (Lipinski definition) is 1. The number of nitrogen functional groups attached to an aromatic ring is 1. The lowest BCUT2D eigenvalue weighted by Crippen LogP contribution is -1.97. The van der Waals surface area contributed by atoms with Gasteiger partial charge in [-0.3, -0.25) is 0 Å². The summed E-state index contributed by atoms with van der Waals surface area (Å²) in [5.41, 5.74) is 7.86. The molecular formula is C12H10N4. The van der Waals surface area contributed by atoms with Crippen molar-refractivity contribution in [3.63, 3.8) is 0 Å². The molecule has 78 valence electrons. The van der Waals surface area contributed by atoms with Crippen molar-refractivity contribution in [2.75, 3.05) is 5.73 Å². The fourth-order valence-corrected chi connectivity index (χ4v) is 1.49. The summed E-state index contributed by atoms with van der Waals surface area (Å²) >= 11 is 0. The van der Waals surface area contributed by atoms with E-state index < -0.39 is 0 Å². The van der Waals surface area contributed by atoms with Crippen molar-refractivity contribution in [1.82, 2.24) is 9.97 Å². The van der Waals surface area contributed by atoms with Gasteiger partial charge < -0.3 is 5.73 Å². The van der Waals surface area contributed by atoms with Gasteiger partial charge in [0.15, 0.2) is 0 Å². The van der Waals surface area contributed by atoms with Crippen LogP contribution in [0, 0.1) is 18.3 Å². The van der Waals surface area contributed by atoms with Crippen LogP contribution in [-0.4, -0.2) is 9.97 Å². The molecule has 0 atom stereocenters. The summed E-state index contributed by atoms with van der Waals surface area (Å²) in [5, 5.41) is 8.81. The van der Waals surface area contributed by atoms with Crippen molar-refractivity contribution in [2.45, 2.75) is 6.92 Å². The summed E-state index contributed by atoms with van der Waals surface area (Å²) in [4.78, 5) is 8.28. The zero-order valence-electron chi connectivity index (χ0n) is 8.81. The van der Waals surface area contributed by atoms with Crippen molar-refractivity contribution in [2.24, 2.45) is 0 Å². The average Bonchev–Trinajstić information content (AvgIpc) is 2.28. The molecule has 0 spiro atoms. The third kappa shape index (κ3) is 1.98. The first kappa shape index (κ1) is 10.1. The number of aromatic nitrogens is 2. The molecule has 0 unspecified atom stereocenters. The highest BCUT2D eigenvalue weighted by atomic mass is 14.9. The molecule has 0 saturated heterocycles. The standard InChI is InChI=1S/C12H10N4/c1-8-15-11(6-12(14)16-8)10-4-2-3-9(5-10)7-13/h2-6H,1H3,(H2,14,15,16). The summed E-state index contributed by atoms with van der Waals surface area (Å²) in [7, 11) is 0. The van der Waals surface area contributed by atoms with E-state index in [0.29, 0.717) is 17.2 Å². The lowest BCUT2D eigenvalue weighted by atomic mass is 10.1. The molecule has 2 N–H and O–H groups in total. The molecule has 1 aromatic heterocycles. The Hall–Kier alpha value is -2.41. The molecule has 1 aromatic carbocycles. The molecule has 4 nitrogen and oxygen atoms in total. The van der Waals surface area contributed by atoms with E-state index in [9.17, 15) is 0 Å². The first-order valence-electron chi connectivity index (χ1n) is 4.81. The molecule has 0 aliphatic carbocycles. The van der Waals surface area contributed by atoms with Crippen molar-refractivity contribution in [1.29, 1.82) is 5.26 Å². The molecule has 2 aromatic rings. The maximum Gasteiger partial charge on any atom is 0.128 e. The third-order valence-electron chi connectivity index (χ3n) is 2.15. The fraction of sp³-hybridized carbons (Fsp3) is 0.0833. The SMILES string of the molecule is Cc1nc(N)cc(-c2cccc(C#N)c2)n1. The number of hydrogen-bond acceptors (Lipinski definition) is 4. The largest absolute Gasteiger partial charge is 0.384 e. The Labute approximate surface area is 93.4 Å². The van der Waals surface area contributed by atoms with E-state index in [1.54, 1.807) is 25.1 Å². The first-order chi connectivity index (χ1) is 7.69. The van der Waals surface area contributed by atoms with Crippen LogP contribution in [-0.2, 0) is 0 Å². The molecule has 0 aliphatic rings. The number of anilines is 1. The monoisotopic (exact) mass is 210 g/mol. The Morgan fingerprint density at radius 3 is 2.75 bits per heavy atom. The maximum atomic E-state index is 8.81. The number of nitrogens with zero attached hydrogens (tertiary/aromatic N) is 3. The second-order valence-corrected chi connectivity index (χ2v) is 3.42. The van der Waals surface area contributed by atoms with Gasteiger partial charge in [-0.2, -0.15) is 5.26 Å². The minimum Gasteiger partial charge on any atom is -0.384 e. The predicted octanol–water partition coefficient (Wildman–Crippen LogP) is 1.91. The zero-order valence-corrected chi connectivity index (χ0v) is 8.81. The highest BCUT2D eigenvalue weighted by molar-refractivity contribution is 5.63. The molecule has 0 saturated carbocycles. The summed E-state index contributed by atoms with van der Waals surface area (Å²) in [6.07, 6.45) is 0. The summed E-state index contributed by atoms with van der Waals surface area (Å²) in [5.74, 6) is 1.06. The second-order valence-electron chi connectivity index (χ2n) is 3.42. The minimum atomic E-state index is 0.435. The molecule has 16 heavy (non-hydrogen) atoms. The molecule has 4 heteroatoms. The predicted molar refractivity (Wildman–Crippen MR) is 61.3 cm³/mol. The van der Waals surface area contributed by atoms with Gasteiger partial charge in [0.05, 0.1) is 17.3 Å². The normalized spacial score (nSPS) is 9.75. The summed E-state index contributed by atoms with van der Waals surface area (Å²) in [6, 6.07) is 11.0. The average molecular weight is 210 g/mol. The minimum absolute atomic E-state index is 0.435.